The topological polar surface area (TPSA) is 84.3 Å². The van der Waals surface area contributed by atoms with Crippen molar-refractivity contribution in [2.75, 3.05) is 13.1 Å². The lowest BCUT2D eigenvalue weighted by Crippen LogP contribution is -2.46. The summed E-state index contributed by atoms with van der Waals surface area (Å²) in [7, 11) is 0. The van der Waals surface area contributed by atoms with Gasteiger partial charge in [-0.3, -0.25) is 15.9 Å². The first-order valence-corrected chi connectivity index (χ1v) is 9.52. The minimum Gasteiger partial charge on any atom is -0.337 e. The molecule has 5 nitrogen and oxygen atoms in total. The third-order valence-corrected chi connectivity index (χ3v) is 5.54. The highest BCUT2D eigenvalue weighted by Gasteiger charge is 2.30. The Bertz CT molecular complexity index is 871. The fourth-order valence-corrected chi connectivity index (χ4v) is 3.97. The van der Waals surface area contributed by atoms with E-state index in [1.165, 1.54) is 5.56 Å². The van der Waals surface area contributed by atoms with Crippen LogP contribution in [0.25, 0.3) is 0 Å². The van der Waals surface area contributed by atoms with Crippen LogP contribution in [0.4, 0.5) is 0 Å². The number of benzene rings is 1. The number of fused-ring (bicyclic) bond motifs is 1. The van der Waals surface area contributed by atoms with Crippen LogP contribution in [-0.4, -0.2) is 35.4 Å². The van der Waals surface area contributed by atoms with Crippen LogP contribution in [-0.2, 0) is 11.2 Å². The fraction of sp³-hybridized carbons (Fsp3) is 0.318. The van der Waals surface area contributed by atoms with Gasteiger partial charge in [0.1, 0.15) is 5.70 Å². The summed E-state index contributed by atoms with van der Waals surface area (Å²) in [6.45, 7) is 1.59. The van der Waals surface area contributed by atoms with Crippen LogP contribution in [0.3, 0.4) is 0 Å². The first kappa shape index (κ1) is 17.5. The molecule has 0 spiro atoms. The van der Waals surface area contributed by atoms with Gasteiger partial charge in [-0.1, -0.05) is 36.4 Å². The standard InChI is InChI=1S/C22H24N4O/c23-21(24)17-6-7-19-18(13-17)14-20(25-19)22(27)26-10-8-16(9-11-26)12-15-4-2-1-3-5-15/h1-7,13-14,16,18H,8-12H2,(H3,23,24)/p+1. The number of likely N-dealkylation sites (tertiary alicyclic amines) is 1. The second kappa shape index (κ2) is 7.35. The number of rotatable bonds is 4. The molecule has 27 heavy (non-hydrogen) atoms. The highest BCUT2D eigenvalue weighted by Crippen LogP contribution is 2.27. The lowest BCUT2D eigenvalue weighted by Gasteiger charge is -2.32. The van der Waals surface area contributed by atoms with Crippen molar-refractivity contribution in [1.82, 2.24) is 4.90 Å². The number of nitrogens with zero attached hydrogens (tertiary/aromatic N) is 2. The predicted molar refractivity (Wildman–Crippen MR) is 107 cm³/mol. The molecular weight excluding hydrogens is 336 g/mol. The second-order valence-electron chi connectivity index (χ2n) is 7.45. The van der Waals surface area contributed by atoms with Crippen LogP contribution >= 0.6 is 0 Å². The Balaban J connectivity index is 1.36. The van der Waals surface area contributed by atoms with Gasteiger partial charge in [0.15, 0.2) is 0 Å². The molecule has 0 saturated carbocycles. The van der Waals surface area contributed by atoms with Crippen LogP contribution in [0, 0.1) is 11.8 Å². The average molecular weight is 361 g/mol. The van der Waals surface area contributed by atoms with Gasteiger partial charge in [-0.05, 0) is 49.0 Å². The van der Waals surface area contributed by atoms with E-state index in [1.807, 2.05) is 35.3 Å². The molecule has 4 rings (SSSR count). The molecule has 5 heteroatoms. The van der Waals surface area contributed by atoms with E-state index in [1.54, 1.807) is 0 Å². The van der Waals surface area contributed by atoms with Crippen molar-refractivity contribution in [3.05, 3.63) is 71.5 Å². The molecule has 1 aliphatic carbocycles. The van der Waals surface area contributed by atoms with E-state index in [0.29, 0.717) is 17.5 Å². The minimum atomic E-state index is -0.0123. The van der Waals surface area contributed by atoms with Crippen LogP contribution in [0.2, 0.25) is 0 Å². The highest BCUT2D eigenvalue weighted by atomic mass is 16.2. The summed E-state index contributed by atoms with van der Waals surface area (Å²) in [6, 6.07) is 10.6. The van der Waals surface area contributed by atoms with Crippen molar-refractivity contribution in [1.29, 1.82) is 0 Å². The monoisotopic (exact) mass is 361 g/mol. The van der Waals surface area contributed by atoms with Crippen molar-refractivity contribution in [2.24, 2.45) is 22.6 Å². The van der Waals surface area contributed by atoms with E-state index in [9.17, 15) is 4.79 Å². The number of amides is 1. The van der Waals surface area contributed by atoms with E-state index in [0.717, 1.165) is 43.6 Å². The summed E-state index contributed by atoms with van der Waals surface area (Å²) < 4.78 is 0. The summed E-state index contributed by atoms with van der Waals surface area (Å²) in [5.41, 5.74) is 9.26. The van der Waals surface area contributed by atoms with E-state index in [4.69, 9.17) is 11.1 Å². The molecule has 1 amide bonds. The predicted octanol–water partition coefficient (Wildman–Crippen LogP) is 1.03. The Morgan fingerprint density at radius 2 is 1.89 bits per heavy atom. The molecule has 1 unspecified atom stereocenters. The van der Waals surface area contributed by atoms with Gasteiger partial charge in [0.05, 0.1) is 11.3 Å². The maximum Gasteiger partial charge on any atom is 0.272 e. The van der Waals surface area contributed by atoms with Crippen LogP contribution < -0.4 is 11.1 Å². The summed E-state index contributed by atoms with van der Waals surface area (Å²) in [6.07, 6.45) is 10.8. The largest absolute Gasteiger partial charge is 0.337 e. The fourth-order valence-electron chi connectivity index (χ4n) is 3.97. The zero-order chi connectivity index (χ0) is 18.8. The molecule has 0 bridgehead atoms. The van der Waals surface area contributed by atoms with Gasteiger partial charge in [0.25, 0.3) is 11.7 Å². The molecule has 2 heterocycles. The van der Waals surface area contributed by atoms with Crippen molar-refractivity contribution in [2.45, 2.75) is 19.3 Å². The van der Waals surface area contributed by atoms with Gasteiger partial charge >= 0.3 is 0 Å². The number of allylic oxidation sites excluding steroid dienone is 3. The zero-order valence-corrected chi connectivity index (χ0v) is 15.3. The Kier molecular flexibility index (Phi) is 4.75. The molecule has 3 aliphatic rings. The highest BCUT2D eigenvalue weighted by molar-refractivity contribution is 6.11. The average Bonchev–Trinajstić information content (AvgIpc) is 3.12. The van der Waals surface area contributed by atoms with Gasteiger partial charge in [-0.25, -0.2) is 4.99 Å². The lowest BCUT2D eigenvalue weighted by molar-refractivity contribution is -0.128. The Hall–Kier alpha value is -2.95. The maximum absolute atomic E-state index is 12.9. The number of carbonyl (C=O) groups excluding carboxylic acids is 1. The second-order valence-corrected chi connectivity index (χ2v) is 7.45. The first-order valence-electron chi connectivity index (χ1n) is 9.52. The van der Waals surface area contributed by atoms with Crippen LogP contribution in [0.1, 0.15) is 18.4 Å². The minimum absolute atomic E-state index is 0.0123. The molecule has 0 radical (unpaired) electrons. The molecule has 1 fully saturated rings. The normalized spacial score (nSPS) is 22.0. The van der Waals surface area contributed by atoms with Crippen molar-refractivity contribution in [3.8, 4) is 0 Å². The van der Waals surface area contributed by atoms with Crippen LogP contribution in [0.5, 0.6) is 0 Å². The number of carbonyl (C=O) groups is 1. The van der Waals surface area contributed by atoms with E-state index in [2.05, 4.69) is 29.3 Å². The quantitative estimate of drug-likeness (QED) is 0.620. The zero-order valence-electron chi connectivity index (χ0n) is 15.3. The van der Waals surface area contributed by atoms with E-state index < -0.39 is 0 Å². The molecule has 138 valence electrons. The number of piperidine rings is 1. The third kappa shape index (κ3) is 3.77. The number of aliphatic imine (C=N–C) groups is 1. The van der Waals surface area contributed by atoms with E-state index >= 15 is 0 Å². The molecular formula is C22H25N4O+. The first-order chi connectivity index (χ1) is 13.1. The van der Waals surface area contributed by atoms with E-state index in [-0.39, 0.29) is 11.8 Å². The molecule has 0 aromatic heterocycles. The van der Waals surface area contributed by atoms with Gasteiger partial charge in [-0.2, -0.15) is 0 Å². The number of nitrogens with two attached hydrogens (primary N) is 2. The SMILES string of the molecule is NC(=[NH2+])C1=CC2C=C(C(=O)N3CCC(Cc4ccccc4)CC3)N=C2C=C1. The molecule has 1 aromatic rings. The van der Waals surface area contributed by atoms with Gasteiger partial charge in [-0.15, -0.1) is 0 Å². The molecule has 1 atom stereocenters. The van der Waals surface area contributed by atoms with Gasteiger partial charge in [0, 0.05) is 19.0 Å². The Morgan fingerprint density at radius 1 is 1.15 bits per heavy atom. The molecule has 1 saturated heterocycles. The number of hydrogen-bond donors (Lipinski definition) is 2. The third-order valence-electron chi connectivity index (χ3n) is 5.54. The smallest absolute Gasteiger partial charge is 0.272 e. The van der Waals surface area contributed by atoms with Gasteiger partial charge < -0.3 is 4.90 Å². The number of amidine groups is 1. The van der Waals surface area contributed by atoms with Crippen LogP contribution in [0.15, 0.2) is 70.9 Å². The van der Waals surface area contributed by atoms with Crippen molar-refractivity contribution < 1.29 is 10.2 Å². The number of hydrogen-bond acceptors (Lipinski definition) is 2. The van der Waals surface area contributed by atoms with Crippen molar-refractivity contribution >= 4 is 17.5 Å². The Morgan fingerprint density at radius 3 is 2.59 bits per heavy atom. The summed E-state index contributed by atoms with van der Waals surface area (Å²) in [4.78, 5) is 19.3. The molecule has 1 aromatic carbocycles. The molecule has 4 N–H and O–H groups in total. The summed E-state index contributed by atoms with van der Waals surface area (Å²) in [5.74, 6) is 0.947. The van der Waals surface area contributed by atoms with Gasteiger partial charge in [0.2, 0.25) is 0 Å². The maximum atomic E-state index is 12.9. The molecule has 2 aliphatic heterocycles. The summed E-state index contributed by atoms with van der Waals surface area (Å²) >= 11 is 0. The Labute approximate surface area is 159 Å². The van der Waals surface area contributed by atoms with Crippen molar-refractivity contribution in [3.63, 3.8) is 0 Å². The lowest BCUT2D eigenvalue weighted by atomic mass is 9.90. The summed E-state index contributed by atoms with van der Waals surface area (Å²) in [5, 5.41) is 5.67.